The van der Waals surface area contributed by atoms with Gasteiger partial charge >= 0.3 is 0 Å². The van der Waals surface area contributed by atoms with Crippen molar-refractivity contribution in [2.24, 2.45) is 5.73 Å². The van der Waals surface area contributed by atoms with Gasteiger partial charge in [-0.2, -0.15) is 0 Å². The van der Waals surface area contributed by atoms with E-state index < -0.39 is 9.84 Å². The van der Waals surface area contributed by atoms with Crippen LogP contribution in [0.15, 0.2) is 17.5 Å². The molecule has 0 aliphatic heterocycles. The smallest absolute Gasteiger partial charge is 0.150 e. The molecule has 0 spiro atoms. The molecule has 3 nitrogen and oxygen atoms in total. The minimum Gasteiger partial charge on any atom is -0.328 e. The molecule has 0 saturated heterocycles. The monoisotopic (exact) mass is 247 g/mol. The molecule has 1 aromatic heterocycles. The molecule has 1 aromatic rings. The van der Waals surface area contributed by atoms with Crippen LogP contribution in [0.3, 0.4) is 0 Å². The normalized spacial score (nSPS) is 14.0. The maximum absolute atomic E-state index is 11.6. The van der Waals surface area contributed by atoms with Crippen LogP contribution in [0.1, 0.15) is 18.2 Å². The van der Waals surface area contributed by atoms with Gasteiger partial charge < -0.3 is 5.73 Å². The summed E-state index contributed by atoms with van der Waals surface area (Å²) in [6.07, 6.45) is 1.17. The highest BCUT2D eigenvalue weighted by Gasteiger charge is 2.12. The maximum Gasteiger partial charge on any atom is 0.150 e. The Morgan fingerprint density at radius 2 is 2.20 bits per heavy atom. The molecule has 2 N–H and O–H groups in total. The number of aryl methyl sites for hydroxylation is 1. The van der Waals surface area contributed by atoms with Gasteiger partial charge in [-0.3, -0.25) is 0 Å². The zero-order chi connectivity index (χ0) is 11.3. The number of hydrogen-bond acceptors (Lipinski definition) is 4. The van der Waals surface area contributed by atoms with E-state index >= 15 is 0 Å². The van der Waals surface area contributed by atoms with Gasteiger partial charge in [0.25, 0.3) is 0 Å². The van der Waals surface area contributed by atoms with Gasteiger partial charge in [-0.15, -0.1) is 11.3 Å². The van der Waals surface area contributed by atoms with E-state index in [1.807, 2.05) is 24.4 Å². The molecule has 5 heteroatoms. The third kappa shape index (κ3) is 5.30. The molecule has 0 bridgehead atoms. The summed E-state index contributed by atoms with van der Waals surface area (Å²) in [6, 6.07) is 3.86. The number of sulfone groups is 1. The second-order valence-corrected chi connectivity index (χ2v) is 7.08. The quantitative estimate of drug-likeness (QED) is 0.827. The van der Waals surface area contributed by atoms with Crippen molar-refractivity contribution in [3.8, 4) is 0 Å². The maximum atomic E-state index is 11.6. The summed E-state index contributed by atoms with van der Waals surface area (Å²) in [5.41, 5.74) is 5.53. The highest BCUT2D eigenvalue weighted by atomic mass is 32.2. The molecule has 0 saturated carbocycles. The van der Waals surface area contributed by atoms with E-state index in [0.717, 1.165) is 4.88 Å². The zero-order valence-electron chi connectivity index (χ0n) is 8.85. The third-order valence-corrected chi connectivity index (χ3v) is 4.74. The van der Waals surface area contributed by atoms with Gasteiger partial charge in [0.2, 0.25) is 0 Å². The fourth-order valence-corrected chi connectivity index (χ4v) is 3.48. The summed E-state index contributed by atoms with van der Waals surface area (Å²) in [5, 5.41) is 1.96. The van der Waals surface area contributed by atoms with Crippen LogP contribution in [-0.2, 0) is 16.3 Å². The second-order valence-electron chi connectivity index (χ2n) is 3.75. The van der Waals surface area contributed by atoms with Crippen LogP contribution in [0.4, 0.5) is 0 Å². The molecule has 0 aliphatic carbocycles. The van der Waals surface area contributed by atoms with Crippen molar-refractivity contribution in [2.75, 3.05) is 11.5 Å². The third-order valence-electron chi connectivity index (χ3n) is 2.12. The predicted molar refractivity (Wildman–Crippen MR) is 64.9 cm³/mol. The lowest BCUT2D eigenvalue weighted by atomic mass is 10.3. The number of hydrogen-bond donors (Lipinski definition) is 1. The molecular weight excluding hydrogens is 230 g/mol. The number of thiophene rings is 1. The van der Waals surface area contributed by atoms with E-state index in [1.54, 1.807) is 11.3 Å². The summed E-state index contributed by atoms with van der Waals surface area (Å²) < 4.78 is 23.2. The highest BCUT2D eigenvalue weighted by molar-refractivity contribution is 7.91. The standard InChI is InChI=1S/C10H17NO2S2/c1-9(11)4-7-15(12,13)8-5-10-3-2-6-14-10/h2-3,6,9H,4-5,7-8,11H2,1H3. The minimum atomic E-state index is -2.93. The topological polar surface area (TPSA) is 60.2 Å². The number of rotatable bonds is 6. The van der Waals surface area contributed by atoms with E-state index in [0.29, 0.717) is 12.8 Å². The lowest BCUT2D eigenvalue weighted by molar-refractivity contribution is 0.587. The Morgan fingerprint density at radius 3 is 2.73 bits per heavy atom. The van der Waals surface area contributed by atoms with Crippen LogP contribution >= 0.6 is 11.3 Å². The van der Waals surface area contributed by atoms with Crippen molar-refractivity contribution < 1.29 is 8.42 Å². The fourth-order valence-electron chi connectivity index (χ4n) is 1.18. The van der Waals surface area contributed by atoms with Gasteiger partial charge in [0.15, 0.2) is 9.84 Å². The van der Waals surface area contributed by atoms with E-state index in [9.17, 15) is 8.42 Å². The molecule has 0 radical (unpaired) electrons. The minimum absolute atomic E-state index is 0.0403. The molecule has 1 rings (SSSR count). The van der Waals surface area contributed by atoms with Crippen molar-refractivity contribution in [2.45, 2.75) is 25.8 Å². The summed E-state index contributed by atoms with van der Waals surface area (Å²) in [4.78, 5) is 1.12. The molecule has 1 atom stereocenters. The fraction of sp³-hybridized carbons (Fsp3) is 0.600. The van der Waals surface area contributed by atoms with Crippen molar-refractivity contribution in [3.05, 3.63) is 22.4 Å². The first-order valence-corrected chi connectivity index (χ1v) is 7.68. The predicted octanol–water partition coefficient (Wildman–Crippen LogP) is 1.44. The van der Waals surface area contributed by atoms with Gasteiger partial charge in [-0.05, 0) is 31.2 Å². The molecule has 0 amide bonds. The summed E-state index contributed by atoms with van der Waals surface area (Å²) in [5.74, 6) is 0.441. The first-order chi connectivity index (χ1) is 6.99. The highest BCUT2D eigenvalue weighted by Crippen LogP contribution is 2.10. The molecule has 1 heterocycles. The van der Waals surface area contributed by atoms with Gasteiger partial charge in [0.05, 0.1) is 11.5 Å². The largest absolute Gasteiger partial charge is 0.328 e. The average Bonchev–Trinajstić information content (AvgIpc) is 2.65. The Labute approximate surface area is 95.2 Å². The molecule has 15 heavy (non-hydrogen) atoms. The Bertz CT molecular complexity index is 368. The second kappa shape index (κ2) is 5.63. The Morgan fingerprint density at radius 1 is 1.47 bits per heavy atom. The SMILES string of the molecule is CC(N)CCS(=O)(=O)CCc1cccs1. The lowest BCUT2D eigenvalue weighted by Crippen LogP contribution is -2.21. The molecule has 0 fully saturated rings. The van der Waals surface area contributed by atoms with Crippen molar-refractivity contribution in [1.82, 2.24) is 0 Å². The lowest BCUT2D eigenvalue weighted by Gasteiger charge is -2.05. The van der Waals surface area contributed by atoms with Gasteiger partial charge in [0.1, 0.15) is 0 Å². The van der Waals surface area contributed by atoms with E-state index in [4.69, 9.17) is 5.73 Å². The van der Waals surface area contributed by atoms with Gasteiger partial charge in [-0.25, -0.2) is 8.42 Å². The van der Waals surface area contributed by atoms with Crippen LogP contribution in [0, 0.1) is 0 Å². The molecule has 1 unspecified atom stereocenters. The molecule has 0 aliphatic rings. The Kier molecular flexibility index (Phi) is 4.76. The zero-order valence-corrected chi connectivity index (χ0v) is 10.5. The van der Waals surface area contributed by atoms with Crippen molar-refractivity contribution in [1.29, 1.82) is 0 Å². The van der Waals surface area contributed by atoms with Crippen LogP contribution < -0.4 is 5.73 Å². The van der Waals surface area contributed by atoms with Gasteiger partial charge in [-0.1, -0.05) is 6.07 Å². The van der Waals surface area contributed by atoms with E-state index in [2.05, 4.69) is 0 Å². The van der Waals surface area contributed by atoms with Crippen LogP contribution in [0.25, 0.3) is 0 Å². The Balaban J connectivity index is 2.37. The van der Waals surface area contributed by atoms with Crippen molar-refractivity contribution >= 4 is 21.2 Å². The van der Waals surface area contributed by atoms with Crippen molar-refractivity contribution in [3.63, 3.8) is 0 Å². The Hall–Kier alpha value is -0.390. The van der Waals surface area contributed by atoms with E-state index in [1.165, 1.54) is 0 Å². The van der Waals surface area contributed by atoms with Gasteiger partial charge in [0, 0.05) is 10.9 Å². The molecule has 86 valence electrons. The molecule has 0 aromatic carbocycles. The van der Waals surface area contributed by atoms with E-state index in [-0.39, 0.29) is 17.5 Å². The summed E-state index contributed by atoms with van der Waals surface area (Å²) in [7, 11) is -2.93. The summed E-state index contributed by atoms with van der Waals surface area (Å²) >= 11 is 1.60. The number of nitrogens with two attached hydrogens (primary N) is 1. The average molecular weight is 247 g/mol. The first-order valence-electron chi connectivity index (χ1n) is 4.98. The van der Waals surface area contributed by atoms with Crippen LogP contribution in [0.2, 0.25) is 0 Å². The first kappa shape index (κ1) is 12.7. The van der Waals surface area contributed by atoms with Crippen LogP contribution in [-0.4, -0.2) is 26.0 Å². The summed E-state index contributed by atoms with van der Waals surface area (Å²) in [6.45, 7) is 1.83. The molecular formula is C10H17NO2S2. The van der Waals surface area contributed by atoms with Crippen LogP contribution in [0.5, 0.6) is 0 Å².